The fourth-order valence-corrected chi connectivity index (χ4v) is 1.62. The predicted octanol–water partition coefficient (Wildman–Crippen LogP) is 1.04. The van der Waals surface area contributed by atoms with Gasteiger partial charge < -0.3 is 10.6 Å². The lowest BCUT2D eigenvalue weighted by Crippen LogP contribution is -2.22. The number of carbonyl (C=O) groups excluding carboxylic acids is 2. The molecule has 2 aromatic rings. The van der Waals surface area contributed by atoms with Crippen LogP contribution >= 0.6 is 0 Å². The van der Waals surface area contributed by atoms with Crippen LogP contribution in [-0.4, -0.2) is 35.8 Å². The van der Waals surface area contributed by atoms with Gasteiger partial charge in [-0.15, -0.1) is 0 Å². The summed E-state index contributed by atoms with van der Waals surface area (Å²) in [6, 6.07) is 8.44. The molecule has 0 spiro atoms. The third kappa shape index (κ3) is 2.15. The molecule has 0 aliphatic carbocycles. The van der Waals surface area contributed by atoms with E-state index in [4.69, 9.17) is 5.73 Å². The second-order valence-electron chi connectivity index (χ2n) is 4.17. The monoisotopic (exact) mass is 243 g/mol. The minimum atomic E-state index is -0.511. The first-order valence-corrected chi connectivity index (χ1v) is 5.41. The number of hydrogen-bond donors (Lipinski definition) is 1. The summed E-state index contributed by atoms with van der Waals surface area (Å²) in [5.74, 6) is -0.690. The van der Waals surface area contributed by atoms with Crippen molar-refractivity contribution in [1.82, 2.24) is 9.88 Å². The van der Waals surface area contributed by atoms with Crippen molar-refractivity contribution in [3.8, 4) is 0 Å². The molecule has 0 aliphatic heterocycles. The minimum absolute atomic E-state index is 0.179. The number of aromatic nitrogens is 1. The average molecular weight is 243 g/mol. The van der Waals surface area contributed by atoms with Gasteiger partial charge in [0.15, 0.2) is 0 Å². The van der Waals surface area contributed by atoms with Gasteiger partial charge in [-0.25, -0.2) is 4.98 Å². The van der Waals surface area contributed by atoms with Gasteiger partial charge >= 0.3 is 0 Å². The first-order chi connectivity index (χ1) is 8.49. The number of pyridine rings is 1. The van der Waals surface area contributed by atoms with E-state index in [1.54, 1.807) is 44.4 Å². The van der Waals surface area contributed by atoms with Crippen LogP contribution in [-0.2, 0) is 0 Å². The van der Waals surface area contributed by atoms with E-state index in [0.29, 0.717) is 16.8 Å². The molecule has 0 saturated heterocycles. The highest BCUT2D eigenvalue weighted by Gasteiger charge is 2.10. The van der Waals surface area contributed by atoms with Gasteiger partial charge in [0.05, 0.1) is 5.52 Å². The second-order valence-corrected chi connectivity index (χ2v) is 4.17. The Balaban J connectivity index is 2.55. The summed E-state index contributed by atoms with van der Waals surface area (Å²) in [6.45, 7) is 0. The van der Waals surface area contributed by atoms with Crippen LogP contribution in [0.25, 0.3) is 10.9 Å². The molecule has 1 aromatic heterocycles. The number of amides is 2. The zero-order valence-electron chi connectivity index (χ0n) is 10.2. The molecule has 2 N–H and O–H groups in total. The van der Waals surface area contributed by atoms with E-state index < -0.39 is 5.91 Å². The maximum atomic E-state index is 11.8. The number of carbonyl (C=O) groups is 2. The molecule has 2 rings (SSSR count). The molecule has 92 valence electrons. The molecule has 1 aromatic carbocycles. The van der Waals surface area contributed by atoms with Crippen molar-refractivity contribution in [3.63, 3.8) is 0 Å². The quantitative estimate of drug-likeness (QED) is 0.856. The summed E-state index contributed by atoms with van der Waals surface area (Å²) in [4.78, 5) is 28.6. The van der Waals surface area contributed by atoms with E-state index >= 15 is 0 Å². The maximum absolute atomic E-state index is 11.8. The molecule has 0 bridgehead atoms. The summed E-state index contributed by atoms with van der Waals surface area (Å²) >= 11 is 0. The van der Waals surface area contributed by atoms with E-state index in [1.807, 2.05) is 0 Å². The Morgan fingerprint density at radius 2 is 1.83 bits per heavy atom. The van der Waals surface area contributed by atoms with Crippen molar-refractivity contribution in [2.24, 2.45) is 5.73 Å². The lowest BCUT2D eigenvalue weighted by molar-refractivity contribution is 0.0822. The minimum Gasteiger partial charge on any atom is -0.366 e. The molecule has 0 atom stereocenters. The Morgan fingerprint density at radius 1 is 1.17 bits per heavy atom. The van der Waals surface area contributed by atoms with Crippen LogP contribution in [0.5, 0.6) is 0 Å². The molecular formula is C13H13N3O2. The van der Waals surface area contributed by atoms with Gasteiger partial charge in [0.2, 0.25) is 5.91 Å². The van der Waals surface area contributed by atoms with Crippen LogP contribution in [0.3, 0.4) is 0 Å². The van der Waals surface area contributed by atoms with E-state index in [1.165, 1.54) is 4.90 Å². The van der Waals surface area contributed by atoms with Crippen molar-refractivity contribution in [3.05, 3.63) is 41.6 Å². The van der Waals surface area contributed by atoms with Crippen molar-refractivity contribution < 1.29 is 9.59 Å². The standard InChI is InChI=1S/C13H13N3O2/c1-16(2)13(18)10-6-5-8-3-4-9(12(14)17)7-11(8)15-10/h3-7H,1-2H3,(H2,14,17). The van der Waals surface area contributed by atoms with Gasteiger partial charge in [-0.3, -0.25) is 9.59 Å². The van der Waals surface area contributed by atoms with Crippen molar-refractivity contribution in [2.45, 2.75) is 0 Å². The fraction of sp³-hybridized carbons (Fsp3) is 0.154. The highest BCUT2D eigenvalue weighted by Crippen LogP contribution is 2.15. The molecule has 1 heterocycles. The number of hydrogen-bond acceptors (Lipinski definition) is 3. The largest absolute Gasteiger partial charge is 0.366 e. The summed E-state index contributed by atoms with van der Waals surface area (Å²) in [7, 11) is 3.32. The molecule has 2 amide bonds. The smallest absolute Gasteiger partial charge is 0.271 e. The molecule has 0 fully saturated rings. The second kappa shape index (κ2) is 4.44. The molecule has 0 radical (unpaired) electrons. The zero-order chi connectivity index (χ0) is 13.3. The van der Waals surface area contributed by atoms with E-state index in [2.05, 4.69) is 4.98 Å². The third-order valence-corrected chi connectivity index (χ3v) is 2.60. The lowest BCUT2D eigenvalue weighted by Gasteiger charge is -2.10. The average Bonchev–Trinajstić information content (AvgIpc) is 2.36. The Kier molecular flexibility index (Phi) is 2.97. The van der Waals surface area contributed by atoms with Crippen LogP contribution in [0.2, 0.25) is 0 Å². The van der Waals surface area contributed by atoms with Crippen molar-refractivity contribution >= 4 is 22.7 Å². The molecule has 0 unspecified atom stereocenters. The van der Waals surface area contributed by atoms with E-state index in [0.717, 1.165) is 5.39 Å². The third-order valence-electron chi connectivity index (χ3n) is 2.60. The predicted molar refractivity (Wildman–Crippen MR) is 68.3 cm³/mol. The number of nitrogens with two attached hydrogens (primary N) is 1. The zero-order valence-corrected chi connectivity index (χ0v) is 10.2. The first kappa shape index (κ1) is 12.0. The topological polar surface area (TPSA) is 76.3 Å². The van der Waals surface area contributed by atoms with Gasteiger partial charge in [0.25, 0.3) is 5.91 Å². The van der Waals surface area contributed by atoms with Gasteiger partial charge in [-0.2, -0.15) is 0 Å². The number of nitrogens with zero attached hydrogens (tertiary/aromatic N) is 2. The number of rotatable bonds is 2. The Hall–Kier alpha value is -2.43. The molecular weight excluding hydrogens is 230 g/mol. The van der Waals surface area contributed by atoms with Crippen LogP contribution in [0.4, 0.5) is 0 Å². The van der Waals surface area contributed by atoms with Crippen molar-refractivity contribution in [2.75, 3.05) is 14.1 Å². The normalized spacial score (nSPS) is 10.3. The fourth-order valence-electron chi connectivity index (χ4n) is 1.62. The highest BCUT2D eigenvalue weighted by atomic mass is 16.2. The molecule has 18 heavy (non-hydrogen) atoms. The highest BCUT2D eigenvalue weighted by molar-refractivity contribution is 5.98. The maximum Gasteiger partial charge on any atom is 0.271 e. The Labute approximate surface area is 104 Å². The van der Waals surface area contributed by atoms with Gasteiger partial charge in [0, 0.05) is 25.0 Å². The van der Waals surface area contributed by atoms with Crippen molar-refractivity contribution in [1.29, 1.82) is 0 Å². The van der Waals surface area contributed by atoms with E-state index in [-0.39, 0.29) is 5.91 Å². The SMILES string of the molecule is CN(C)C(=O)c1ccc2ccc(C(N)=O)cc2n1. The Morgan fingerprint density at radius 3 is 2.44 bits per heavy atom. The molecule has 5 nitrogen and oxygen atoms in total. The van der Waals surface area contributed by atoms with Gasteiger partial charge in [-0.05, 0) is 18.2 Å². The van der Waals surface area contributed by atoms with Gasteiger partial charge in [0.1, 0.15) is 5.69 Å². The summed E-state index contributed by atoms with van der Waals surface area (Å²) < 4.78 is 0. The van der Waals surface area contributed by atoms with Crippen LogP contribution in [0.1, 0.15) is 20.8 Å². The van der Waals surface area contributed by atoms with Gasteiger partial charge in [-0.1, -0.05) is 12.1 Å². The summed E-state index contributed by atoms with van der Waals surface area (Å²) in [5, 5.41) is 0.857. The number of benzene rings is 1. The van der Waals surface area contributed by atoms with E-state index in [9.17, 15) is 9.59 Å². The van der Waals surface area contributed by atoms with Crippen LogP contribution < -0.4 is 5.73 Å². The number of fused-ring (bicyclic) bond motifs is 1. The number of primary amides is 1. The van der Waals surface area contributed by atoms with Crippen LogP contribution in [0.15, 0.2) is 30.3 Å². The molecule has 5 heteroatoms. The molecule has 0 aliphatic rings. The van der Waals surface area contributed by atoms with Crippen LogP contribution in [0, 0.1) is 0 Å². The molecule has 0 saturated carbocycles. The first-order valence-electron chi connectivity index (χ1n) is 5.41. The summed E-state index contributed by atoms with van der Waals surface area (Å²) in [5.41, 5.74) is 6.51. The summed E-state index contributed by atoms with van der Waals surface area (Å²) in [6.07, 6.45) is 0. The lowest BCUT2D eigenvalue weighted by atomic mass is 10.1. The Bertz CT molecular complexity index is 635.